The van der Waals surface area contributed by atoms with E-state index in [9.17, 15) is 4.79 Å². The summed E-state index contributed by atoms with van der Waals surface area (Å²) in [6.45, 7) is 1.93. The number of hydrogen-bond acceptors (Lipinski definition) is 3. The van der Waals surface area contributed by atoms with Crippen LogP contribution in [-0.2, 0) is 4.79 Å². The van der Waals surface area contributed by atoms with Gasteiger partial charge in [-0.1, -0.05) is 67.6 Å². The van der Waals surface area contributed by atoms with Gasteiger partial charge in [0.05, 0.1) is 0 Å². The molecule has 0 saturated heterocycles. The molecule has 1 amide bonds. The molecule has 4 nitrogen and oxygen atoms in total. The topological polar surface area (TPSA) is 47.6 Å². The van der Waals surface area contributed by atoms with Gasteiger partial charge in [0.2, 0.25) is 0 Å². The quantitative estimate of drug-likeness (QED) is 0.334. The zero-order valence-corrected chi connectivity index (χ0v) is 17.9. The number of amides is 1. The first-order valence-electron chi connectivity index (χ1n) is 10.7. The van der Waals surface area contributed by atoms with Gasteiger partial charge >= 0.3 is 0 Å². The van der Waals surface area contributed by atoms with Crippen molar-refractivity contribution in [2.24, 2.45) is 0 Å². The van der Waals surface area contributed by atoms with Crippen molar-refractivity contribution in [2.75, 3.05) is 5.32 Å². The van der Waals surface area contributed by atoms with Gasteiger partial charge in [0, 0.05) is 5.69 Å². The van der Waals surface area contributed by atoms with E-state index in [0.29, 0.717) is 23.6 Å². The number of carbonyl (C=O) groups excluding carboxylic acids is 1. The van der Waals surface area contributed by atoms with Crippen LogP contribution in [0.15, 0.2) is 109 Å². The number of ether oxygens (including phenoxy) is 2. The predicted octanol–water partition coefficient (Wildman–Crippen LogP) is 6.94. The number of anilines is 1. The third-order valence-electron chi connectivity index (χ3n) is 5.00. The minimum atomic E-state index is -0.585. The standard InChI is InChI=1S/C28H25NO3/c1-2-27(32-26-17-13-22(14-18-26)21-9-5-3-6-10-21)28(30)29-23-15-19-25(20-16-23)31-24-11-7-4-8-12-24/h3-20,27H,2H2,1H3,(H,29,30). The SMILES string of the molecule is CCC(Oc1ccc(-c2ccccc2)cc1)C(=O)Nc1ccc(Oc2ccccc2)cc1. The monoisotopic (exact) mass is 423 g/mol. The van der Waals surface area contributed by atoms with Crippen molar-refractivity contribution in [3.05, 3.63) is 109 Å². The Morgan fingerprint density at radius 2 is 1.22 bits per heavy atom. The minimum absolute atomic E-state index is 0.184. The number of para-hydroxylation sites is 1. The molecule has 0 aromatic heterocycles. The van der Waals surface area contributed by atoms with E-state index in [1.54, 1.807) is 0 Å². The largest absolute Gasteiger partial charge is 0.481 e. The van der Waals surface area contributed by atoms with Gasteiger partial charge in [0.25, 0.3) is 5.91 Å². The third kappa shape index (κ3) is 5.55. The lowest BCUT2D eigenvalue weighted by atomic mass is 10.1. The first-order valence-corrected chi connectivity index (χ1v) is 10.7. The summed E-state index contributed by atoms with van der Waals surface area (Å²) in [6, 6.07) is 34.8. The van der Waals surface area contributed by atoms with E-state index in [-0.39, 0.29) is 5.91 Å². The van der Waals surface area contributed by atoms with Crippen LogP contribution in [0.4, 0.5) is 5.69 Å². The second kappa shape index (κ2) is 10.3. The van der Waals surface area contributed by atoms with Gasteiger partial charge in [-0.15, -0.1) is 0 Å². The molecule has 0 fully saturated rings. The van der Waals surface area contributed by atoms with Gasteiger partial charge < -0.3 is 14.8 Å². The van der Waals surface area contributed by atoms with Crippen molar-refractivity contribution in [3.63, 3.8) is 0 Å². The van der Waals surface area contributed by atoms with Crippen LogP contribution in [-0.4, -0.2) is 12.0 Å². The second-order valence-electron chi connectivity index (χ2n) is 7.33. The summed E-state index contributed by atoms with van der Waals surface area (Å²) in [5.41, 5.74) is 2.94. The maximum atomic E-state index is 12.7. The fourth-order valence-corrected chi connectivity index (χ4v) is 3.30. The van der Waals surface area contributed by atoms with E-state index in [0.717, 1.165) is 16.9 Å². The van der Waals surface area contributed by atoms with Crippen LogP contribution in [0.2, 0.25) is 0 Å². The fourth-order valence-electron chi connectivity index (χ4n) is 3.30. The molecular formula is C28H25NO3. The Balaban J connectivity index is 1.35. The lowest BCUT2D eigenvalue weighted by Gasteiger charge is -2.18. The van der Waals surface area contributed by atoms with Crippen LogP contribution < -0.4 is 14.8 Å². The molecule has 0 heterocycles. The van der Waals surface area contributed by atoms with Gasteiger partial charge in [0.15, 0.2) is 6.10 Å². The highest BCUT2D eigenvalue weighted by Gasteiger charge is 2.18. The van der Waals surface area contributed by atoms with E-state index in [4.69, 9.17) is 9.47 Å². The van der Waals surface area contributed by atoms with Gasteiger partial charge in [-0.2, -0.15) is 0 Å². The second-order valence-corrected chi connectivity index (χ2v) is 7.33. The van der Waals surface area contributed by atoms with Crippen molar-refractivity contribution < 1.29 is 14.3 Å². The first kappa shape index (κ1) is 21.2. The zero-order valence-electron chi connectivity index (χ0n) is 17.9. The van der Waals surface area contributed by atoms with E-state index in [1.165, 1.54) is 0 Å². The highest BCUT2D eigenvalue weighted by Crippen LogP contribution is 2.25. The Morgan fingerprint density at radius 1 is 0.688 bits per heavy atom. The number of hydrogen-bond donors (Lipinski definition) is 1. The molecule has 1 N–H and O–H groups in total. The van der Waals surface area contributed by atoms with Crippen molar-refractivity contribution in [2.45, 2.75) is 19.4 Å². The van der Waals surface area contributed by atoms with Crippen molar-refractivity contribution in [3.8, 4) is 28.4 Å². The summed E-state index contributed by atoms with van der Waals surface area (Å²) in [5.74, 6) is 1.95. The molecule has 0 radical (unpaired) electrons. The summed E-state index contributed by atoms with van der Waals surface area (Å²) >= 11 is 0. The smallest absolute Gasteiger partial charge is 0.265 e. The Hall–Kier alpha value is -4.05. The van der Waals surface area contributed by atoms with Gasteiger partial charge in [-0.05, 0) is 66.1 Å². The molecule has 0 saturated carbocycles. The molecule has 4 rings (SSSR count). The summed E-state index contributed by atoms with van der Waals surface area (Å²) in [5, 5.41) is 2.92. The average Bonchev–Trinajstić information content (AvgIpc) is 2.85. The number of benzene rings is 4. The first-order chi connectivity index (χ1) is 15.7. The number of rotatable bonds is 8. The molecule has 1 atom stereocenters. The molecule has 32 heavy (non-hydrogen) atoms. The fraction of sp³-hybridized carbons (Fsp3) is 0.107. The zero-order chi connectivity index (χ0) is 22.2. The van der Waals surface area contributed by atoms with Crippen LogP contribution in [0.1, 0.15) is 13.3 Å². The number of carbonyl (C=O) groups is 1. The molecule has 1 unspecified atom stereocenters. The normalized spacial score (nSPS) is 11.4. The van der Waals surface area contributed by atoms with Crippen LogP contribution in [0.5, 0.6) is 17.2 Å². The van der Waals surface area contributed by atoms with Crippen molar-refractivity contribution >= 4 is 11.6 Å². The van der Waals surface area contributed by atoms with Crippen LogP contribution in [0.3, 0.4) is 0 Å². The molecule has 0 spiro atoms. The Kier molecular flexibility index (Phi) is 6.83. The molecule has 160 valence electrons. The van der Waals surface area contributed by atoms with Crippen LogP contribution in [0.25, 0.3) is 11.1 Å². The average molecular weight is 424 g/mol. The summed E-state index contributed by atoms with van der Waals surface area (Å²) in [6.07, 6.45) is -0.0283. The molecule has 4 aromatic rings. The lowest BCUT2D eigenvalue weighted by Crippen LogP contribution is -2.32. The molecular weight excluding hydrogens is 398 g/mol. The van der Waals surface area contributed by atoms with E-state index in [2.05, 4.69) is 17.4 Å². The summed E-state index contributed by atoms with van der Waals surface area (Å²) in [7, 11) is 0. The predicted molar refractivity (Wildman–Crippen MR) is 128 cm³/mol. The van der Waals surface area contributed by atoms with Crippen molar-refractivity contribution in [1.82, 2.24) is 0 Å². The highest BCUT2D eigenvalue weighted by atomic mass is 16.5. The molecule has 0 bridgehead atoms. The van der Waals surface area contributed by atoms with E-state index in [1.807, 2.05) is 104 Å². The number of nitrogens with one attached hydrogen (secondary N) is 1. The molecule has 0 aliphatic rings. The van der Waals surface area contributed by atoms with E-state index >= 15 is 0 Å². The molecule has 0 aliphatic carbocycles. The Labute approximate surface area is 188 Å². The molecule has 0 aliphatic heterocycles. The minimum Gasteiger partial charge on any atom is -0.481 e. The summed E-state index contributed by atoms with van der Waals surface area (Å²) < 4.78 is 11.7. The Morgan fingerprint density at radius 3 is 1.84 bits per heavy atom. The highest BCUT2D eigenvalue weighted by molar-refractivity contribution is 5.94. The summed E-state index contributed by atoms with van der Waals surface area (Å²) in [4.78, 5) is 12.7. The van der Waals surface area contributed by atoms with Gasteiger partial charge in [-0.3, -0.25) is 4.79 Å². The lowest BCUT2D eigenvalue weighted by molar-refractivity contribution is -0.122. The maximum Gasteiger partial charge on any atom is 0.265 e. The van der Waals surface area contributed by atoms with Crippen LogP contribution in [0, 0.1) is 0 Å². The third-order valence-corrected chi connectivity index (χ3v) is 5.00. The molecule has 4 heteroatoms. The van der Waals surface area contributed by atoms with E-state index < -0.39 is 6.10 Å². The van der Waals surface area contributed by atoms with Gasteiger partial charge in [-0.25, -0.2) is 0 Å². The maximum absolute atomic E-state index is 12.7. The van der Waals surface area contributed by atoms with Crippen molar-refractivity contribution in [1.29, 1.82) is 0 Å². The van der Waals surface area contributed by atoms with Gasteiger partial charge in [0.1, 0.15) is 17.2 Å². The Bertz CT molecular complexity index is 1120. The van der Waals surface area contributed by atoms with Crippen LogP contribution >= 0.6 is 0 Å². The molecule has 4 aromatic carbocycles.